The normalized spacial score (nSPS) is 14.3. The minimum absolute atomic E-state index is 0.0461. The van der Waals surface area contributed by atoms with Crippen LogP contribution >= 0.6 is 0 Å². The molecule has 0 atom stereocenters. The van der Waals surface area contributed by atoms with Crippen molar-refractivity contribution < 1.29 is 0 Å². The van der Waals surface area contributed by atoms with Gasteiger partial charge < -0.3 is 0 Å². The molecule has 4 aromatic heterocycles. The van der Waals surface area contributed by atoms with E-state index in [0.29, 0.717) is 22.1 Å². The van der Waals surface area contributed by atoms with E-state index in [1.807, 2.05) is 36.4 Å². The predicted octanol–water partition coefficient (Wildman–Crippen LogP) is 8.70. The number of hydrogen-bond donors (Lipinski definition) is 0. The number of benzene rings is 8. The van der Waals surface area contributed by atoms with Gasteiger partial charge in [0.1, 0.15) is 11.3 Å². The van der Waals surface area contributed by atoms with Crippen molar-refractivity contribution >= 4 is 121 Å². The molecule has 0 N–H and O–H groups in total. The van der Waals surface area contributed by atoms with Gasteiger partial charge in [0, 0.05) is 43.1 Å². The molecule has 0 radical (unpaired) electrons. The standard InChI is InChI=1S/C41H18N4O2/c46-40-24-16-20-12-11-19-15-23-35-25(41(47)45-29-9-5-4-7-27(29)43-39(23)45)17-21-13-10-18-14-22(38-42-26-6-2-1-3-8-28(26)44(38)40)34(24)36-30(18)33(21)37(35)31(19)32(20)36/h2-17H,1H2. The lowest BCUT2D eigenvalue weighted by Crippen LogP contribution is -2.15. The van der Waals surface area contributed by atoms with Crippen LogP contribution in [0.5, 0.6) is 0 Å². The first-order valence-corrected chi connectivity index (χ1v) is 15.9. The van der Waals surface area contributed by atoms with Crippen LogP contribution in [0.1, 0.15) is 17.8 Å². The Kier molecular flexibility index (Phi) is 3.52. The highest BCUT2D eigenvalue weighted by atomic mass is 16.1. The largest absolute Gasteiger partial charge is 0.268 e. The molecule has 0 aliphatic heterocycles. The van der Waals surface area contributed by atoms with Crippen molar-refractivity contribution in [1.82, 2.24) is 18.8 Å². The molecule has 0 bridgehead atoms. The second-order valence-corrected chi connectivity index (χ2v) is 13.2. The minimum atomic E-state index is -0.0499. The molecule has 1 aliphatic rings. The van der Waals surface area contributed by atoms with Crippen LogP contribution in [0.2, 0.25) is 0 Å². The Morgan fingerprint density at radius 2 is 1.04 bits per heavy atom. The summed E-state index contributed by atoms with van der Waals surface area (Å²) in [5, 5.41) is 16.3. The summed E-state index contributed by atoms with van der Waals surface area (Å²) in [5.74, 6) is 0. The summed E-state index contributed by atoms with van der Waals surface area (Å²) < 4.78 is 3.59. The zero-order chi connectivity index (χ0) is 30.4. The summed E-state index contributed by atoms with van der Waals surface area (Å²) in [4.78, 5) is 39.0. The third-order valence-corrected chi connectivity index (χ3v) is 11.0. The molecule has 47 heavy (non-hydrogen) atoms. The molecule has 0 fully saturated rings. The van der Waals surface area contributed by atoms with Crippen molar-refractivity contribution in [3.63, 3.8) is 0 Å². The maximum atomic E-state index is 14.5. The predicted molar refractivity (Wildman–Crippen MR) is 193 cm³/mol. The van der Waals surface area contributed by atoms with Gasteiger partial charge in [0.2, 0.25) is 0 Å². The molecule has 12 aromatic rings. The molecule has 6 heteroatoms. The number of para-hydroxylation sites is 2. The molecule has 0 saturated heterocycles. The van der Waals surface area contributed by atoms with Gasteiger partial charge in [0.15, 0.2) is 0 Å². The topological polar surface area (TPSA) is 68.7 Å². The second kappa shape index (κ2) is 7.19. The van der Waals surface area contributed by atoms with Crippen LogP contribution in [0.15, 0.2) is 94.5 Å². The van der Waals surface area contributed by atoms with Gasteiger partial charge >= 0.3 is 0 Å². The van der Waals surface area contributed by atoms with Crippen molar-refractivity contribution in [2.24, 2.45) is 0 Å². The fourth-order valence-electron chi connectivity index (χ4n) is 9.22. The number of aromatic nitrogens is 4. The number of pyridine rings is 2. The number of nitrogens with zero attached hydrogens (tertiary/aromatic N) is 4. The van der Waals surface area contributed by atoms with Crippen molar-refractivity contribution in [3.8, 4) is 0 Å². The van der Waals surface area contributed by atoms with E-state index in [4.69, 9.17) is 9.97 Å². The summed E-state index contributed by atoms with van der Waals surface area (Å²) >= 11 is 0. The molecule has 0 amide bonds. The zero-order valence-electron chi connectivity index (χ0n) is 24.6. The summed E-state index contributed by atoms with van der Waals surface area (Å²) in [5.41, 5.74) is 4.56. The lowest BCUT2D eigenvalue weighted by molar-refractivity contribution is 1.13. The van der Waals surface area contributed by atoms with Gasteiger partial charge in [0.05, 0.1) is 22.4 Å². The molecule has 6 nitrogen and oxygen atoms in total. The summed E-state index contributed by atoms with van der Waals surface area (Å²) in [6.45, 7) is 0. The van der Waals surface area contributed by atoms with Gasteiger partial charge in [-0.2, -0.15) is 0 Å². The van der Waals surface area contributed by atoms with Crippen molar-refractivity contribution in [1.29, 1.82) is 0 Å². The van der Waals surface area contributed by atoms with Crippen LogP contribution in [-0.2, 0) is 0 Å². The van der Waals surface area contributed by atoms with Crippen molar-refractivity contribution in [2.75, 3.05) is 0 Å². The monoisotopic (exact) mass is 598 g/mol. The van der Waals surface area contributed by atoms with E-state index in [1.165, 1.54) is 0 Å². The third kappa shape index (κ3) is 2.34. The average molecular weight is 599 g/mol. The Morgan fingerprint density at radius 1 is 0.511 bits per heavy atom. The third-order valence-electron chi connectivity index (χ3n) is 11.0. The van der Waals surface area contributed by atoms with Gasteiger partial charge in [-0.1, -0.05) is 48.6 Å². The molecule has 0 saturated carbocycles. The zero-order valence-corrected chi connectivity index (χ0v) is 24.6. The number of fused-ring (bicyclic) bond motifs is 8. The van der Waals surface area contributed by atoms with Crippen molar-refractivity contribution in [3.05, 3.63) is 117 Å². The van der Waals surface area contributed by atoms with Gasteiger partial charge in [0.25, 0.3) is 11.1 Å². The Hall–Kier alpha value is -6.40. The summed E-state index contributed by atoms with van der Waals surface area (Å²) in [6.07, 6.45) is 9.03. The first kappa shape index (κ1) is 23.0. The summed E-state index contributed by atoms with van der Waals surface area (Å²) in [7, 11) is 0. The minimum Gasteiger partial charge on any atom is -0.268 e. The number of hydrogen-bond acceptors (Lipinski definition) is 4. The fraction of sp³-hybridized carbons (Fsp3) is 0.0244. The highest BCUT2D eigenvalue weighted by Gasteiger charge is 2.28. The highest BCUT2D eigenvalue weighted by molar-refractivity contribution is 6.50. The van der Waals surface area contributed by atoms with Gasteiger partial charge in [-0.3, -0.25) is 18.4 Å². The molecule has 0 unspecified atom stereocenters. The van der Waals surface area contributed by atoms with E-state index in [-0.39, 0.29) is 11.1 Å². The molecule has 8 aromatic carbocycles. The Bertz CT molecular complexity index is 3570. The molecule has 0 spiro atoms. The van der Waals surface area contributed by atoms with Crippen LogP contribution in [0.3, 0.4) is 0 Å². The lowest BCUT2D eigenvalue weighted by Gasteiger charge is -2.23. The first-order valence-electron chi connectivity index (χ1n) is 15.9. The van der Waals surface area contributed by atoms with E-state index in [9.17, 15) is 9.59 Å². The first-order chi connectivity index (χ1) is 23.2. The maximum absolute atomic E-state index is 14.5. The summed E-state index contributed by atoms with van der Waals surface area (Å²) in [6, 6.07) is 25.1. The van der Waals surface area contributed by atoms with E-state index in [0.717, 1.165) is 104 Å². The quantitative estimate of drug-likeness (QED) is 0.129. The number of imidazole rings is 2. The number of rotatable bonds is 0. The van der Waals surface area contributed by atoms with Gasteiger partial charge in [-0.25, -0.2) is 9.97 Å². The highest BCUT2D eigenvalue weighted by Crippen LogP contribution is 2.52. The maximum Gasteiger partial charge on any atom is 0.264 e. The fourth-order valence-corrected chi connectivity index (χ4v) is 9.22. The number of allylic oxidation sites excluding steroid dienone is 2. The molecule has 1 aliphatic carbocycles. The van der Waals surface area contributed by atoms with Crippen molar-refractivity contribution in [2.45, 2.75) is 6.42 Å². The van der Waals surface area contributed by atoms with E-state index >= 15 is 0 Å². The average Bonchev–Trinajstić information content (AvgIpc) is 3.59. The lowest BCUT2D eigenvalue weighted by atomic mass is 9.80. The Labute approximate surface area is 262 Å². The molecule has 214 valence electrons. The molecular weight excluding hydrogens is 580 g/mol. The SMILES string of the molecule is O=c1c2cc3ccc4cc5c6c(cc7ccc8cc(c2c2c8c7c6c4c32)c2nc3c(n12)C=CCC=C3)c(=O)n1c2ccccc2nc51. The molecule has 4 heterocycles. The van der Waals surface area contributed by atoms with Crippen LogP contribution in [0.4, 0.5) is 0 Å². The smallest absolute Gasteiger partial charge is 0.264 e. The van der Waals surface area contributed by atoms with E-state index < -0.39 is 0 Å². The van der Waals surface area contributed by atoms with Crippen LogP contribution in [0, 0.1) is 0 Å². The Balaban J connectivity index is 1.37. The van der Waals surface area contributed by atoms with Crippen LogP contribution < -0.4 is 11.1 Å². The molecular formula is C41H18N4O2. The van der Waals surface area contributed by atoms with Gasteiger partial charge in [-0.05, 0) is 98.1 Å². The Morgan fingerprint density at radius 3 is 1.68 bits per heavy atom. The van der Waals surface area contributed by atoms with Gasteiger partial charge in [-0.15, -0.1) is 0 Å². The second-order valence-electron chi connectivity index (χ2n) is 13.2. The van der Waals surface area contributed by atoms with E-state index in [2.05, 4.69) is 60.7 Å². The van der Waals surface area contributed by atoms with Crippen LogP contribution in [-0.4, -0.2) is 18.8 Å². The molecule has 13 rings (SSSR count). The van der Waals surface area contributed by atoms with Crippen LogP contribution in [0.25, 0.3) is 121 Å². The van der Waals surface area contributed by atoms with E-state index in [1.54, 1.807) is 8.80 Å².